The number of carboxylic acid groups (broad SMARTS) is 1. The lowest BCUT2D eigenvalue weighted by Crippen LogP contribution is -2.18. The summed E-state index contributed by atoms with van der Waals surface area (Å²) in [7, 11) is 0. The molecule has 2 unspecified atom stereocenters. The maximum atomic E-state index is 11.2. The van der Waals surface area contributed by atoms with E-state index >= 15 is 0 Å². The van der Waals surface area contributed by atoms with Gasteiger partial charge in [0.05, 0.1) is 10.7 Å². The van der Waals surface area contributed by atoms with E-state index in [0.29, 0.717) is 17.5 Å². The zero-order valence-corrected chi connectivity index (χ0v) is 11.2. The van der Waals surface area contributed by atoms with Crippen LogP contribution in [-0.2, 0) is 0 Å². The summed E-state index contributed by atoms with van der Waals surface area (Å²) in [5.41, 5.74) is 0.791. The first-order valence-corrected chi connectivity index (χ1v) is 6.73. The zero-order valence-electron chi connectivity index (χ0n) is 10.4. The number of carbonyl (C=O) groups is 1. The predicted octanol–water partition coefficient (Wildman–Crippen LogP) is 3.89. The van der Waals surface area contributed by atoms with Crippen molar-refractivity contribution in [2.45, 2.75) is 26.2 Å². The van der Waals surface area contributed by atoms with E-state index in [4.69, 9.17) is 16.7 Å². The van der Waals surface area contributed by atoms with Crippen LogP contribution in [0.4, 0.5) is 5.69 Å². The largest absolute Gasteiger partial charge is 0.478 e. The first-order chi connectivity index (χ1) is 8.59. The summed E-state index contributed by atoms with van der Waals surface area (Å²) in [5, 5.41) is 12.7. The molecule has 98 valence electrons. The van der Waals surface area contributed by atoms with Gasteiger partial charge in [-0.1, -0.05) is 37.4 Å². The smallest absolute Gasteiger partial charge is 0.339 e. The highest BCUT2D eigenvalue weighted by molar-refractivity contribution is 6.34. The molecule has 2 rings (SSSR count). The summed E-state index contributed by atoms with van der Waals surface area (Å²) in [4.78, 5) is 11.2. The molecule has 2 atom stereocenters. The average molecular weight is 268 g/mol. The van der Waals surface area contributed by atoms with Gasteiger partial charge in [-0.15, -0.1) is 0 Å². The molecule has 4 heteroatoms. The Labute approximate surface area is 112 Å². The van der Waals surface area contributed by atoms with Gasteiger partial charge in [0.2, 0.25) is 0 Å². The van der Waals surface area contributed by atoms with Crippen LogP contribution in [0.3, 0.4) is 0 Å². The summed E-state index contributed by atoms with van der Waals surface area (Å²) in [6.45, 7) is 3.08. The molecule has 18 heavy (non-hydrogen) atoms. The van der Waals surface area contributed by atoms with E-state index in [1.165, 1.54) is 19.3 Å². The first kappa shape index (κ1) is 13.2. The van der Waals surface area contributed by atoms with Gasteiger partial charge in [0.15, 0.2) is 0 Å². The van der Waals surface area contributed by atoms with Crippen molar-refractivity contribution in [1.29, 1.82) is 0 Å². The molecular formula is C14H18ClNO2. The Morgan fingerprint density at radius 2 is 2.28 bits per heavy atom. The minimum atomic E-state index is -0.984. The Balaban J connectivity index is 2.09. The normalized spacial score (nSPS) is 23.0. The highest BCUT2D eigenvalue weighted by Gasteiger charge is 2.23. The highest BCUT2D eigenvalue weighted by Crippen LogP contribution is 2.32. The van der Waals surface area contributed by atoms with E-state index < -0.39 is 5.97 Å². The minimum Gasteiger partial charge on any atom is -0.478 e. The van der Waals surface area contributed by atoms with Crippen LogP contribution in [0.1, 0.15) is 36.5 Å². The molecule has 3 nitrogen and oxygen atoms in total. The SMILES string of the molecule is CC1CCCC1CNc1cccc(Cl)c1C(=O)O. The van der Waals surface area contributed by atoms with Crippen molar-refractivity contribution in [2.24, 2.45) is 11.8 Å². The summed E-state index contributed by atoms with van der Waals surface area (Å²) in [6, 6.07) is 5.15. The molecule has 0 saturated heterocycles. The van der Waals surface area contributed by atoms with Gasteiger partial charge in [-0.25, -0.2) is 4.79 Å². The Morgan fingerprint density at radius 1 is 1.50 bits per heavy atom. The number of hydrogen-bond acceptors (Lipinski definition) is 2. The molecule has 1 aromatic rings. The fourth-order valence-corrected chi connectivity index (χ4v) is 2.91. The Hall–Kier alpha value is -1.22. The Bertz CT molecular complexity index is 447. The number of carboxylic acids is 1. The lowest BCUT2D eigenvalue weighted by molar-refractivity contribution is 0.0698. The van der Waals surface area contributed by atoms with Gasteiger partial charge in [-0.05, 0) is 30.4 Å². The van der Waals surface area contributed by atoms with Gasteiger partial charge < -0.3 is 10.4 Å². The van der Waals surface area contributed by atoms with E-state index in [9.17, 15) is 4.79 Å². The van der Waals surface area contributed by atoms with E-state index in [2.05, 4.69) is 12.2 Å². The van der Waals surface area contributed by atoms with Crippen LogP contribution in [0.2, 0.25) is 5.02 Å². The van der Waals surface area contributed by atoms with Crippen LogP contribution in [-0.4, -0.2) is 17.6 Å². The molecule has 0 heterocycles. The molecule has 2 N–H and O–H groups in total. The van der Waals surface area contributed by atoms with Gasteiger partial charge >= 0.3 is 5.97 Å². The summed E-state index contributed by atoms with van der Waals surface area (Å²) in [6.07, 6.45) is 3.76. The van der Waals surface area contributed by atoms with Crippen LogP contribution in [0, 0.1) is 11.8 Å². The number of rotatable bonds is 4. The maximum absolute atomic E-state index is 11.2. The quantitative estimate of drug-likeness (QED) is 0.870. The third kappa shape index (κ3) is 2.78. The predicted molar refractivity (Wildman–Crippen MR) is 73.4 cm³/mol. The van der Waals surface area contributed by atoms with E-state index in [0.717, 1.165) is 6.54 Å². The van der Waals surface area contributed by atoms with Crippen LogP contribution in [0.25, 0.3) is 0 Å². The van der Waals surface area contributed by atoms with Gasteiger partial charge in [-0.2, -0.15) is 0 Å². The lowest BCUT2D eigenvalue weighted by Gasteiger charge is -2.18. The number of aromatic carboxylic acids is 1. The highest BCUT2D eigenvalue weighted by atomic mass is 35.5. The summed E-state index contributed by atoms with van der Waals surface area (Å²) >= 11 is 5.93. The maximum Gasteiger partial charge on any atom is 0.339 e. The zero-order chi connectivity index (χ0) is 13.1. The molecule has 0 bridgehead atoms. The standard InChI is InChI=1S/C14H18ClNO2/c1-9-4-2-5-10(9)8-16-12-7-3-6-11(15)13(12)14(17)18/h3,6-7,9-10,16H,2,4-5,8H2,1H3,(H,17,18). The molecule has 0 aromatic heterocycles. The molecule has 1 aromatic carbocycles. The fourth-order valence-electron chi connectivity index (χ4n) is 2.66. The molecule has 0 spiro atoms. The van der Waals surface area contributed by atoms with Crippen molar-refractivity contribution in [2.75, 3.05) is 11.9 Å². The minimum absolute atomic E-state index is 0.171. The summed E-state index contributed by atoms with van der Waals surface area (Å²) < 4.78 is 0. The molecule has 0 aliphatic heterocycles. The molecular weight excluding hydrogens is 250 g/mol. The van der Waals surface area contributed by atoms with Crippen molar-refractivity contribution in [1.82, 2.24) is 0 Å². The van der Waals surface area contributed by atoms with Gasteiger partial charge in [0, 0.05) is 6.54 Å². The van der Waals surface area contributed by atoms with Crippen LogP contribution < -0.4 is 5.32 Å². The number of nitrogens with one attached hydrogen (secondary N) is 1. The van der Waals surface area contributed by atoms with Gasteiger partial charge in [-0.3, -0.25) is 0 Å². The van der Waals surface area contributed by atoms with E-state index in [1.807, 2.05) is 0 Å². The fraction of sp³-hybridized carbons (Fsp3) is 0.500. The van der Waals surface area contributed by atoms with Crippen molar-refractivity contribution in [3.05, 3.63) is 28.8 Å². The summed E-state index contributed by atoms with van der Waals surface area (Å²) in [5.74, 6) is 0.359. The topological polar surface area (TPSA) is 49.3 Å². The molecule has 0 amide bonds. The van der Waals surface area contributed by atoms with Crippen molar-refractivity contribution in [3.8, 4) is 0 Å². The lowest BCUT2D eigenvalue weighted by atomic mass is 9.98. The molecule has 1 aliphatic rings. The van der Waals surface area contributed by atoms with Crippen LogP contribution in [0.5, 0.6) is 0 Å². The second-order valence-corrected chi connectivity index (χ2v) is 5.42. The third-order valence-electron chi connectivity index (χ3n) is 3.82. The van der Waals surface area contributed by atoms with Crippen molar-refractivity contribution < 1.29 is 9.90 Å². The van der Waals surface area contributed by atoms with Gasteiger partial charge in [0.1, 0.15) is 5.56 Å². The van der Waals surface area contributed by atoms with E-state index in [1.54, 1.807) is 18.2 Å². The first-order valence-electron chi connectivity index (χ1n) is 6.35. The van der Waals surface area contributed by atoms with Crippen LogP contribution in [0.15, 0.2) is 18.2 Å². The Morgan fingerprint density at radius 3 is 2.89 bits per heavy atom. The number of anilines is 1. The molecule has 1 aliphatic carbocycles. The van der Waals surface area contributed by atoms with E-state index in [-0.39, 0.29) is 10.6 Å². The second kappa shape index (κ2) is 5.61. The third-order valence-corrected chi connectivity index (χ3v) is 4.14. The number of halogens is 1. The second-order valence-electron chi connectivity index (χ2n) is 5.02. The number of benzene rings is 1. The van der Waals surface area contributed by atoms with Gasteiger partial charge in [0.25, 0.3) is 0 Å². The monoisotopic (exact) mass is 267 g/mol. The van der Waals surface area contributed by atoms with Crippen LogP contribution >= 0.6 is 11.6 Å². The molecule has 0 radical (unpaired) electrons. The van der Waals surface area contributed by atoms with Crippen molar-refractivity contribution in [3.63, 3.8) is 0 Å². The van der Waals surface area contributed by atoms with Crippen molar-refractivity contribution >= 4 is 23.3 Å². The number of hydrogen-bond donors (Lipinski definition) is 2. The molecule has 1 saturated carbocycles. The Kier molecular flexibility index (Phi) is 4.12. The average Bonchev–Trinajstić information content (AvgIpc) is 2.71. The molecule has 1 fully saturated rings.